The highest BCUT2D eigenvalue weighted by atomic mass is 32.2. The maximum Gasteiger partial charge on any atom is 0.262 e. The molecule has 0 saturated heterocycles. The Hall–Kier alpha value is -1.60. The molecule has 0 atom stereocenters. The Balaban J connectivity index is 2.60. The minimum Gasteiger partial charge on any atom is -0.381 e. The predicted molar refractivity (Wildman–Crippen MR) is 78.9 cm³/mol. The van der Waals surface area contributed by atoms with Gasteiger partial charge in [-0.05, 0) is 25.0 Å². The van der Waals surface area contributed by atoms with Crippen LogP contribution in [0, 0.1) is 0 Å². The monoisotopic (exact) mass is 296 g/mol. The highest BCUT2D eigenvalue weighted by molar-refractivity contribution is 7.89. The summed E-state index contributed by atoms with van der Waals surface area (Å²) in [6.07, 6.45) is 3.16. The fourth-order valence-electron chi connectivity index (χ4n) is 2.38. The van der Waals surface area contributed by atoms with E-state index in [4.69, 9.17) is 5.73 Å². The Labute approximate surface area is 119 Å². The average molecular weight is 296 g/mol. The number of aromatic nitrogens is 2. The van der Waals surface area contributed by atoms with E-state index in [9.17, 15) is 8.42 Å². The number of nitrogen functional groups attached to an aromatic ring is 1. The average Bonchev–Trinajstić information content (AvgIpc) is 2.76. The molecule has 0 aliphatic carbocycles. The number of rotatable bonds is 5. The summed E-state index contributed by atoms with van der Waals surface area (Å²) in [5, 5.41) is 0.0440. The lowest BCUT2D eigenvalue weighted by atomic mass is 10.2. The van der Waals surface area contributed by atoms with Crippen LogP contribution < -0.4 is 5.73 Å². The third kappa shape index (κ3) is 2.27. The number of fused-ring (bicyclic) bond motifs is 1. The first-order valence-electron chi connectivity index (χ1n) is 6.64. The van der Waals surface area contributed by atoms with E-state index in [1.54, 1.807) is 31.4 Å². The second-order valence-electron chi connectivity index (χ2n) is 4.72. The van der Waals surface area contributed by atoms with Gasteiger partial charge in [-0.2, -0.15) is 4.31 Å². The molecule has 0 fully saturated rings. The molecule has 7 heteroatoms. The Bertz CT molecular complexity index is 704. The van der Waals surface area contributed by atoms with E-state index >= 15 is 0 Å². The van der Waals surface area contributed by atoms with Crippen LogP contribution in [0.1, 0.15) is 26.7 Å². The Morgan fingerprint density at radius 2 is 2.00 bits per heavy atom. The van der Waals surface area contributed by atoms with Gasteiger partial charge >= 0.3 is 0 Å². The van der Waals surface area contributed by atoms with Crippen molar-refractivity contribution < 1.29 is 8.42 Å². The van der Waals surface area contributed by atoms with Gasteiger partial charge in [0.15, 0.2) is 10.8 Å². The normalized spacial score (nSPS) is 12.7. The zero-order valence-corrected chi connectivity index (χ0v) is 12.8. The molecule has 2 aromatic rings. The second-order valence-corrected chi connectivity index (χ2v) is 6.64. The third-order valence-electron chi connectivity index (χ3n) is 3.59. The molecule has 0 aliphatic heterocycles. The van der Waals surface area contributed by atoms with Crippen molar-refractivity contribution in [2.45, 2.75) is 37.8 Å². The van der Waals surface area contributed by atoms with E-state index in [2.05, 4.69) is 4.98 Å². The number of anilines is 1. The van der Waals surface area contributed by atoms with E-state index in [-0.39, 0.29) is 16.9 Å². The van der Waals surface area contributed by atoms with Gasteiger partial charge in [0.2, 0.25) is 0 Å². The van der Waals surface area contributed by atoms with E-state index in [1.165, 1.54) is 8.71 Å². The summed E-state index contributed by atoms with van der Waals surface area (Å²) in [7, 11) is -2.08. The maximum absolute atomic E-state index is 12.8. The van der Waals surface area contributed by atoms with Crippen LogP contribution in [0.25, 0.3) is 5.65 Å². The first-order valence-corrected chi connectivity index (χ1v) is 8.08. The van der Waals surface area contributed by atoms with Gasteiger partial charge in [-0.3, -0.25) is 4.40 Å². The third-order valence-corrected chi connectivity index (χ3v) is 5.54. The zero-order valence-electron chi connectivity index (χ0n) is 11.9. The van der Waals surface area contributed by atoms with E-state index in [0.29, 0.717) is 5.65 Å². The van der Waals surface area contributed by atoms with Crippen LogP contribution in [-0.2, 0) is 10.0 Å². The number of sulfonamides is 1. The smallest absolute Gasteiger partial charge is 0.262 e. The zero-order chi connectivity index (χ0) is 14.9. The Kier molecular flexibility index (Phi) is 4.01. The number of hydrogen-bond donors (Lipinski definition) is 1. The van der Waals surface area contributed by atoms with Crippen molar-refractivity contribution in [3.05, 3.63) is 24.4 Å². The Morgan fingerprint density at radius 1 is 1.35 bits per heavy atom. The predicted octanol–water partition coefficient (Wildman–Crippen LogP) is 1.73. The summed E-state index contributed by atoms with van der Waals surface area (Å²) in [5.41, 5.74) is 6.35. The molecule has 2 N–H and O–H groups in total. The standard InChI is InChI=1S/C13H20N4O2S/c1-4-10(5-2)16(3)20(18,19)13-12(14)15-11-8-6-7-9-17(11)13/h6-10H,4-5,14H2,1-3H3. The minimum absolute atomic E-state index is 0.0361. The van der Waals surface area contributed by atoms with Gasteiger partial charge in [0.1, 0.15) is 5.65 Å². The molecule has 0 saturated carbocycles. The van der Waals surface area contributed by atoms with Crippen LogP contribution in [0.3, 0.4) is 0 Å². The molecule has 6 nitrogen and oxygen atoms in total. The van der Waals surface area contributed by atoms with E-state index < -0.39 is 10.0 Å². The molecular weight excluding hydrogens is 276 g/mol. The highest BCUT2D eigenvalue weighted by Crippen LogP contribution is 2.25. The van der Waals surface area contributed by atoms with E-state index in [0.717, 1.165) is 12.8 Å². The molecule has 2 rings (SSSR count). The molecule has 20 heavy (non-hydrogen) atoms. The fourth-order valence-corrected chi connectivity index (χ4v) is 4.06. The molecule has 2 heterocycles. The van der Waals surface area contributed by atoms with Crippen molar-refractivity contribution in [2.24, 2.45) is 0 Å². The molecule has 0 aromatic carbocycles. The summed E-state index contributed by atoms with van der Waals surface area (Å²) in [5.74, 6) is 0.0361. The van der Waals surface area contributed by atoms with Crippen molar-refractivity contribution in [2.75, 3.05) is 12.8 Å². The van der Waals surface area contributed by atoms with E-state index in [1.807, 2.05) is 13.8 Å². The highest BCUT2D eigenvalue weighted by Gasteiger charge is 2.31. The van der Waals surface area contributed by atoms with Crippen molar-refractivity contribution in [3.8, 4) is 0 Å². The first-order chi connectivity index (χ1) is 9.43. The van der Waals surface area contributed by atoms with Crippen molar-refractivity contribution in [3.63, 3.8) is 0 Å². The van der Waals surface area contributed by atoms with Gasteiger partial charge < -0.3 is 5.73 Å². The van der Waals surface area contributed by atoms with Crippen molar-refractivity contribution in [1.82, 2.24) is 13.7 Å². The minimum atomic E-state index is -3.67. The summed E-state index contributed by atoms with van der Waals surface area (Å²) < 4.78 is 28.5. The maximum atomic E-state index is 12.8. The van der Waals surface area contributed by atoms with Crippen LogP contribution in [0.2, 0.25) is 0 Å². The number of imidazole rings is 1. The number of pyridine rings is 1. The van der Waals surface area contributed by atoms with Gasteiger partial charge in [0.05, 0.1) is 0 Å². The topological polar surface area (TPSA) is 80.7 Å². The number of nitrogens with two attached hydrogens (primary N) is 1. The van der Waals surface area contributed by atoms with Gasteiger partial charge in [-0.15, -0.1) is 0 Å². The number of hydrogen-bond acceptors (Lipinski definition) is 4. The molecule has 110 valence electrons. The lowest BCUT2D eigenvalue weighted by Crippen LogP contribution is -2.37. The second kappa shape index (κ2) is 5.41. The quantitative estimate of drug-likeness (QED) is 0.911. The molecular formula is C13H20N4O2S. The first kappa shape index (κ1) is 14.8. The van der Waals surface area contributed by atoms with Crippen LogP contribution in [0.15, 0.2) is 29.4 Å². The van der Waals surface area contributed by atoms with Gasteiger partial charge in [0.25, 0.3) is 10.0 Å². The lowest BCUT2D eigenvalue weighted by Gasteiger charge is -2.25. The fraction of sp³-hybridized carbons (Fsp3) is 0.462. The summed E-state index contributed by atoms with van der Waals surface area (Å²) >= 11 is 0. The molecule has 2 aromatic heterocycles. The van der Waals surface area contributed by atoms with Crippen molar-refractivity contribution >= 4 is 21.5 Å². The molecule has 0 unspecified atom stereocenters. The molecule has 0 aliphatic rings. The molecule has 0 radical (unpaired) electrons. The lowest BCUT2D eigenvalue weighted by molar-refractivity contribution is 0.348. The summed E-state index contributed by atoms with van der Waals surface area (Å²) in [6, 6.07) is 5.23. The van der Waals surface area contributed by atoms with Gasteiger partial charge in [-0.1, -0.05) is 19.9 Å². The van der Waals surface area contributed by atoms with Crippen LogP contribution in [0.5, 0.6) is 0 Å². The van der Waals surface area contributed by atoms with Crippen LogP contribution in [-0.4, -0.2) is 35.2 Å². The number of nitrogens with zero attached hydrogens (tertiary/aromatic N) is 3. The molecule has 0 spiro atoms. The molecule has 0 amide bonds. The summed E-state index contributed by atoms with van der Waals surface area (Å²) in [6.45, 7) is 3.94. The van der Waals surface area contributed by atoms with Gasteiger partial charge in [-0.25, -0.2) is 13.4 Å². The SMILES string of the molecule is CCC(CC)N(C)S(=O)(=O)c1c(N)nc2ccccn12. The van der Waals surface area contributed by atoms with Gasteiger partial charge in [0, 0.05) is 19.3 Å². The summed E-state index contributed by atoms with van der Waals surface area (Å²) in [4.78, 5) is 4.11. The van der Waals surface area contributed by atoms with Crippen LogP contribution in [0.4, 0.5) is 5.82 Å². The van der Waals surface area contributed by atoms with Crippen molar-refractivity contribution in [1.29, 1.82) is 0 Å². The van der Waals surface area contributed by atoms with Crippen LogP contribution >= 0.6 is 0 Å². The molecule has 0 bridgehead atoms. The Morgan fingerprint density at radius 3 is 2.60 bits per heavy atom. The largest absolute Gasteiger partial charge is 0.381 e.